The zero-order valence-electron chi connectivity index (χ0n) is 76.5. The number of nitrogens with two attached hydrogens (primary N) is 1. The van der Waals surface area contributed by atoms with Crippen LogP contribution in [-0.4, -0.2) is 108 Å². The number of ether oxygens (including phenoxy) is 1. The Hall–Kier alpha value is -16.2. The second-order valence-electron chi connectivity index (χ2n) is 33.2. The molecular formula is C104H85F6N19O8S7. The van der Waals surface area contributed by atoms with Crippen molar-refractivity contribution in [1.82, 2.24) is 66.1 Å². The second kappa shape index (κ2) is 45.6. The maximum atomic E-state index is 14.4. The predicted molar refractivity (Wildman–Crippen MR) is 569 cm³/mol. The Morgan fingerprint density at radius 3 is 1.15 bits per heavy atom. The zero-order chi connectivity index (χ0) is 100. The van der Waals surface area contributed by atoms with Crippen molar-refractivity contribution in [3.05, 3.63) is 323 Å². The Bertz CT molecular complexity index is 8150. The highest BCUT2D eigenvalue weighted by Gasteiger charge is 2.32. The number of halogens is 6. The van der Waals surface area contributed by atoms with Gasteiger partial charge in [0, 0.05) is 122 Å². The average Bonchev–Trinajstić information content (AvgIpc) is 1.44. The smallest absolute Gasteiger partial charge is 0.412 e. The molecule has 27 nitrogen and oxygen atoms in total. The van der Waals surface area contributed by atoms with Crippen LogP contribution >= 0.6 is 79.4 Å². The number of thiophene rings is 7. The van der Waals surface area contributed by atoms with Gasteiger partial charge in [-0.3, -0.25) is 59.5 Å². The molecule has 1 aliphatic heterocycles. The number of amides is 6. The molecule has 728 valence electrons. The number of aromatic nitrogens is 12. The minimum absolute atomic E-state index is 0.0349. The summed E-state index contributed by atoms with van der Waals surface area (Å²) in [6.07, 6.45) is 26.3. The van der Waals surface area contributed by atoms with E-state index in [9.17, 15) is 55.1 Å². The number of benzene rings is 6. The van der Waals surface area contributed by atoms with Gasteiger partial charge >= 0.3 is 6.09 Å². The first-order valence-corrected chi connectivity index (χ1v) is 50.5. The highest BCUT2D eigenvalue weighted by Crippen LogP contribution is 2.36. The zero-order valence-corrected chi connectivity index (χ0v) is 82.2. The van der Waals surface area contributed by atoms with Crippen molar-refractivity contribution in [3.8, 4) is 0 Å². The number of H-pyrrole nitrogens is 5. The van der Waals surface area contributed by atoms with E-state index in [0.717, 1.165) is 79.9 Å². The van der Waals surface area contributed by atoms with Gasteiger partial charge in [0.1, 0.15) is 46.5 Å². The van der Waals surface area contributed by atoms with Crippen LogP contribution in [-0.2, 0) is 37.4 Å². The van der Waals surface area contributed by atoms with Gasteiger partial charge in [-0.15, -0.1) is 79.4 Å². The van der Waals surface area contributed by atoms with Gasteiger partial charge in [-0.25, -0.2) is 31.1 Å². The highest BCUT2D eigenvalue weighted by molar-refractivity contribution is 7.12. The molecule has 14 aromatic heterocycles. The summed E-state index contributed by atoms with van der Waals surface area (Å²) in [4.78, 5) is 79.1. The molecule has 6 aromatic carbocycles. The van der Waals surface area contributed by atoms with E-state index in [-0.39, 0.29) is 69.9 Å². The Balaban J connectivity index is 0.000000119. The molecule has 2 aliphatic rings. The number of hydrogen-bond acceptors (Lipinski definition) is 22. The number of nitrogens with one attached hydrogen (secondary N) is 11. The van der Waals surface area contributed by atoms with Crippen molar-refractivity contribution in [2.75, 3.05) is 32.3 Å². The summed E-state index contributed by atoms with van der Waals surface area (Å²) in [7, 11) is 1.76. The van der Waals surface area contributed by atoms with Crippen LogP contribution in [0.4, 0.5) is 65.3 Å². The van der Waals surface area contributed by atoms with Crippen molar-refractivity contribution in [2.45, 2.75) is 64.5 Å². The van der Waals surface area contributed by atoms with Crippen molar-refractivity contribution < 1.29 is 64.3 Å². The monoisotopic (exact) mass is 2070 g/mol. The second-order valence-corrected chi connectivity index (χ2v) is 40.1. The van der Waals surface area contributed by atoms with Gasteiger partial charge in [0.25, 0.3) is 5.91 Å². The van der Waals surface area contributed by atoms with Gasteiger partial charge in [-0.2, -0.15) is 30.6 Å². The van der Waals surface area contributed by atoms with Crippen LogP contribution in [0.25, 0.3) is 138 Å². The number of anilines is 6. The number of nitrogen functional groups attached to an aromatic ring is 1. The van der Waals surface area contributed by atoms with Gasteiger partial charge < -0.3 is 41.5 Å². The van der Waals surface area contributed by atoms with Crippen LogP contribution in [0.5, 0.6) is 0 Å². The standard InChI is InChI=1S/C19H20FN3O2S.C19H14FN3OS2.C18H15FN4O2S.C18H12FN3O2S.C17H14FN3OS.C13H10FN3S/c1-19(2,3)25-18(24)21-16-10-13-15(8-7-12-6-5-9-26-12)22-23(4)17(13)11-14(16)20;20-15-11-17-14(16(22-23-17)6-5-12-3-1-7-25-12)10-18(15)21-19(24)9-13-4-2-8-26-13;19-12-9-15-11(13(22-23-15)4-3-10-2-1-7-26-10)8-16(12)21-18(25)14-5-6-17(24)20-14;19-13-10-15-12(9-16(13)20-18(23)17-4-1-7-24-17)14(21-22-15)6-5-11-3-2-8-25-11;18-13-9-15-12(8-16(13)19-17(22)10-3-4-10)14(20-21-15)6-5-11-2-1-7-23-11;14-10-7-13-9(6-11(10)15)12(16-17-13)4-3-8-2-1-5-18-8/h5-11H,1-4H3,(H,21,24);1-8,10-11H,9H2,(H,21,24)(H,22,23);1-4,7-9,14H,5-6H2,(H,20,24)(H,21,25)(H,22,23);1-10H,(H,20,23)(H,21,22);1-2,5-10H,3-4H2,(H,19,22)(H,20,21);1-7H,15H2,(H,16,17)/b8-7+;6-5+;4-3+;2*6-5+;4-3+/t;;14-;;;/m..0.../s1. The van der Waals surface area contributed by atoms with Crippen LogP contribution in [0.15, 0.2) is 218 Å². The molecule has 6 amide bonds. The number of aromatic amines is 5. The molecule has 22 rings (SSSR count). The lowest BCUT2D eigenvalue weighted by atomic mass is 10.1. The third-order valence-electron chi connectivity index (χ3n) is 21.7. The molecule has 144 heavy (non-hydrogen) atoms. The lowest BCUT2D eigenvalue weighted by molar-refractivity contribution is -0.122. The van der Waals surface area contributed by atoms with Crippen molar-refractivity contribution in [3.63, 3.8) is 0 Å². The van der Waals surface area contributed by atoms with Gasteiger partial charge in [-0.05, 0) is 242 Å². The van der Waals surface area contributed by atoms with Crippen molar-refractivity contribution in [2.24, 2.45) is 13.0 Å². The first-order chi connectivity index (χ1) is 69.7. The number of rotatable bonds is 22. The summed E-state index contributed by atoms with van der Waals surface area (Å²) in [6, 6.07) is 47.7. The van der Waals surface area contributed by atoms with E-state index in [1.165, 1.54) is 60.1 Å². The molecule has 13 N–H and O–H groups in total. The van der Waals surface area contributed by atoms with Crippen LogP contribution in [0.3, 0.4) is 0 Å². The quantitative estimate of drug-likeness (QED) is 0.0222. The van der Waals surface area contributed by atoms with Crippen molar-refractivity contribution >= 4 is 287 Å². The number of furan rings is 1. The summed E-state index contributed by atoms with van der Waals surface area (Å²) in [5, 5.41) is 73.3. The average molecular weight is 2070 g/mol. The van der Waals surface area contributed by atoms with E-state index < -0.39 is 64.5 Å². The molecule has 0 unspecified atom stereocenters. The summed E-state index contributed by atoms with van der Waals surface area (Å²) in [5.74, 6) is -4.34. The van der Waals surface area contributed by atoms with Crippen LogP contribution in [0.2, 0.25) is 0 Å². The molecule has 1 saturated heterocycles. The fourth-order valence-electron chi connectivity index (χ4n) is 14.5. The first kappa shape index (κ1) is 99.3. The summed E-state index contributed by atoms with van der Waals surface area (Å²) >= 11 is 11.2. The fourth-order valence-corrected chi connectivity index (χ4v) is 18.9. The maximum absolute atomic E-state index is 14.4. The lowest BCUT2D eigenvalue weighted by Crippen LogP contribution is -2.37. The third-order valence-corrected chi connectivity index (χ3v) is 27.6. The summed E-state index contributed by atoms with van der Waals surface area (Å²) in [6.45, 7) is 5.25. The number of aryl methyl sites for hydroxylation is 1. The van der Waals surface area contributed by atoms with E-state index in [4.69, 9.17) is 14.9 Å². The normalized spacial score (nSPS) is 13.1. The van der Waals surface area contributed by atoms with Crippen LogP contribution in [0.1, 0.15) is 125 Å². The molecule has 15 heterocycles. The van der Waals surface area contributed by atoms with Gasteiger partial charge in [-0.1, -0.05) is 42.5 Å². The van der Waals surface area contributed by atoms with Crippen LogP contribution in [0, 0.1) is 40.8 Å². The summed E-state index contributed by atoms with van der Waals surface area (Å²) in [5.41, 5.74) is 13.4. The minimum atomic E-state index is -0.699. The number of nitrogens with zero attached hydrogens (tertiary/aromatic N) is 7. The number of carbonyl (C=O) groups excluding carboxylic acids is 6. The molecule has 0 spiro atoms. The molecular weight excluding hydrogens is 1980 g/mol. The fraction of sp³-hybridized carbons (Fsp3) is 0.115. The Kier molecular flexibility index (Phi) is 31.4. The number of fused-ring (bicyclic) bond motifs is 6. The molecule has 0 bridgehead atoms. The minimum Gasteiger partial charge on any atom is -0.459 e. The van der Waals surface area contributed by atoms with Crippen molar-refractivity contribution in [1.29, 1.82) is 0 Å². The third kappa shape index (κ3) is 25.7. The van der Waals surface area contributed by atoms with Gasteiger partial charge in [0.15, 0.2) is 5.76 Å². The molecule has 1 atom stereocenters. The molecule has 20 aromatic rings. The molecule has 0 radical (unpaired) electrons. The number of carbonyl (C=O) groups is 6. The van der Waals surface area contributed by atoms with E-state index in [1.807, 2.05) is 196 Å². The maximum Gasteiger partial charge on any atom is 0.412 e. The SMILES string of the molecule is Cn1nc(/C=C/c2cccs2)c2cc(NC(=O)OC(C)(C)C)c(F)cc21.Nc1cc2c(/C=C/c3cccs3)n[nH]c2cc1F.O=C(Cc1cccs1)Nc1cc2c(/C=C/c3cccs3)n[nH]c2cc1F.O=C(Nc1cc2c(/C=C/c3cccs3)n[nH]c2cc1F)C1CC1.O=C(Nc1cc2c(/C=C/c3cccs3)n[nH]c2cc1F)c1ccco1.O=C1CC[C@@H](C(=O)Nc2cc3c(/C=C/c4cccs4)n[nH]c3cc2F)N1. The highest BCUT2D eigenvalue weighted by atomic mass is 32.1. The summed E-state index contributed by atoms with van der Waals surface area (Å²) < 4.78 is 96.4. The molecule has 40 heteroatoms. The largest absolute Gasteiger partial charge is 0.459 e. The topological polar surface area (TPSA) is 384 Å². The van der Waals surface area contributed by atoms with Crippen LogP contribution < -0.4 is 37.6 Å². The Morgan fingerprint density at radius 2 is 0.785 bits per heavy atom. The number of hydrogen-bond donors (Lipinski definition) is 12. The predicted octanol–water partition coefficient (Wildman–Crippen LogP) is 26.2. The van der Waals surface area contributed by atoms with E-state index in [1.54, 1.807) is 143 Å². The Labute approximate surface area is 844 Å². The van der Waals surface area contributed by atoms with E-state index in [2.05, 4.69) is 88.0 Å². The van der Waals surface area contributed by atoms with Gasteiger partial charge in [0.05, 0.1) is 114 Å². The molecule has 1 saturated carbocycles. The van der Waals surface area contributed by atoms with E-state index >= 15 is 0 Å². The molecule has 2 fully saturated rings. The molecule has 1 aliphatic carbocycles. The first-order valence-electron chi connectivity index (χ1n) is 44.3. The Morgan fingerprint density at radius 1 is 0.424 bits per heavy atom. The van der Waals surface area contributed by atoms with Gasteiger partial charge in [0.2, 0.25) is 23.6 Å². The van der Waals surface area contributed by atoms with E-state index in [0.29, 0.717) is 79.5 Å². The lowest BCUT2D eigenvalue weighted by Gasteiger charge is -2.19.